The molecule has 2 aromatic carbocycles. The van der Waals surface area contributed by atoms with Crippen molar-refractivity contribution in [3.8, 4) is 5.75 Å². The van der Waals surface area contributed by atoms with E-state index in [1.165, 1.54) is 18.2 Å². The summed E-state index contributed by atoms with van der Waals surface area (Å²) in [7, 11) is 0. The highest BCUT2D eigenvalue weighted by atomic mass is 35.5. The van der Waals surface area contributed by atoms with E-state index >= 15 is 0 Å². The molecule has 0 aliphatic carbocycles. The van der Waals surface area contributed by atoms with Crippen LogP contribution in [-0.4, -0.2) is 12.4 Å². The molecule has 0 heterocycles. The van der Waals surface area contributed by atoms with Crippen LogP contribution in [0.4, 0.5) is 4.39 Å². The Morgan fingerprint density at radius 1 is 1.25 bits per heavy atom. The third-order valence-electron chi connectivity index (χ3n) is 2.86. The van der Waals surface area contributed by atoms with Crippen molar-refractivity contribution in [2.24, 2.45) is 0 Å². The predicted molar refractivity (Wildman–Crippen MR) is 77.2 cm³/mol. The van der Waals surface area contributed by atoms with Gasteiger partial charge in [0.2, 0.25) is 0 Å². The first-order chi connectivity index (χ1) is 9.52. The molecule has 0 saturated heterocycles. The molecule has 0 radical (unpaired) electrons. The van der Waals surface area contributed by atoms with Gasteiger partial charge in [0.15, 0.2) is 5.78 Å². The molecular formula is C16H14ClFO2. The van der Waals surface area contributed by atoms with Crippen LogP contribution in [0.5, 0.6) is 5.75 Å². The van der Waals surface area contributed by atoms with Crippen molar-refractivity contribution in [1.82, 2.24) is 0 Å². The number of hydrogen-bond acceptors (Lipinski definition) is 2. The summed E-state index contributed by atoms with van der Waals surface area (Å²) in [4.78, 5) is 12.5. The van der Waals surface area contributed by atoms with E-state index in [2.05, 4.69) is 0 Å². The highest BCUT2D eigenvalue weighted by Crippen LogP contribution is 2.25. The number of rotatable bonds is 4. The van der Waals surface area contributed by atoms with Gasteiger partial charge in [-0.2, -0.15) is 0 Å². The molecular weight excluding hydrogens is 279 g/mol. The number of carbonyl (C=O) groups excluding carboxylic acids is 1. The van der Waals surface area contributed by atoms with E-state index in [-0.39, 0.29) is 10.8 Å². The molecule has 2 aromatic rings. The minimum Gasteiger partial charge on any atom is -0.493 e. The average Bonchev–Trinajstić information content (AvgIpc) is 2.43. The van der Waals surface area contributed by atoms with Crippen LogP contribution in [0.15, 0.2) is 36.4 Å². The first-order valence-electron chi connectivity index (χ1n) is 6.26. The van der Waals surface area contributed by atoms with E-state index in [9.17, 15) is 9.18 Å². The van der Waals surface area contributed by atoms with Crippen LogP contribution in [-0.2, 0) is 0 Å². The first-order valence-corrected chi connectivity index (χ1v) is 6.64. The Labute approximate surface area is 122 Å². The fourth-order valence-corrected chi connectivity index (χ4v) is 2.08. The van der Waals surface area contributed by atoms with Crippen molar-refractivity contribution >= 4 is 17.4 Å². The van der Waals surface area contributed by atoms with Gasteiger partial charge >= 0.3 is 0 Å². The smallest absolute Gasteiger partial charge is 0.196 e. The molecule has 2 rings (SSSR count). The summed E-state index contributed by atoms with van der Waals surface area (Å²) in [5.41, 5.74) is 1.74. The number of aryl methyl sites for hydroxylation is 1. The fraction of sp³-hybridized carbons (Fsp3) is 0.188. The molecule has 0 amide bonds. The molecule has 0 aliphatic rings. The average molecular weight is 293 g/mol. The summed E-state index contributed by atoms with van der Waals surface area (Å²) in [5.74, 6) is -0.264. The van der Waals surface area contributed by atoms with E-state index in [1.807, 2.05) is 19.9 Å². The Kier molecular flexibility index (Phi) is 4.40. The van der Waals surface area contributed by atoms with E-state index < -0.39 is 5.82 Å². The minimum atomic E-state index is -0.544. The van der Waals surface area contributed by atoms with Crippen LogP contribution in [0.25, 0.3) is 0 Å². The maximum Gasteiger partial charge on any atom is 0.196 e. The molecule has 4 heteroatoms. The van der Waals surface area contributed by atoms with E-state index in [0.717, 1.165) is 5.56 Å². The van der Waals surface area contributed by atoms with Gasteiger partial charge in [0.25, 0.3) is 0 Å². The highest BCUT2D eigenvalue weighted by molar-refractivity contribution is 6.31. The maximum atomic E-state index is 13.2. The Morgan fingerprint density at radius 2 is 2.00 bits per heavy atom. The maximum absolute atomic E-state index is 13.2. The number of carbonyl (C=O) groups is 1. The molecule has 0 atom stereocenters. The molecule has 0 spiro atoms. The summed E-state index contributed by atoms with van der Waals surface area (Å²) < 4.78 is 18.6. The standard InChI is InChI=1S/C16H14ClFO2/c1-3-20-15-7-4-10(2)8-12(15)16(19)11-5-6-14(18)13(17)9-11/h4-9H,3H2,1-2H3. The summed E-state index contributed by atoms with van der Waals surface area (Å²) in [6, 6.07) is 9.33. The Bertz CT molecular complexity index is 653. The second-order valence-corrected chi connectivity index (χ2v) is 4.80. The van der Waals surface area contributed by atoms with E-state index in [1.54, 1.807) is 12.1 Å². The molecule has 0 bridgehead atoms. The third-order valence-corrected chi connectivity index (χ3v) is 3.15. The summed E-state index contributed by atoms with van der Waals surface area (Å²) in [5, 5.41) is -0.0681. The summed E-state index contributed by atoms with van der Waals surface area (Å²) in [6.07, 6.45) is 0. The number of halogens is 2. The second-order valence-electron chi connectivity index (χ2n) is 4.39. The van der Waals surface area contributed by atoms with Gasteiger partial charge in [0.05, 0.1) is 17.2 Å². The van der Waals surface area contributed by atoms with Crippen molar-refractivity contribution in [2.75, 3.05) is 6.61 Å². The second kappa shape index (κ2) is 6.06. The fourth-order valence-electron chi connectivity index (χ4n) is 1.90. The van der Waals surface area contributed by atoms with Crippen molar-refractivity contribution in [3.63, 3.8) is 0 Å². The van der Waals surface area contributed by atoms with Crippen LogP contribution >= 0.6 is 11.6 Å². The molecule has 0 N–H and O–H groups in total. The zero-order valence-electron chi connectivity index (χ0n) is 11.2. The van der Waals surface area contributed by atoms with E-state index in [0.29, 0.717) is 23.5 Å². The predicted octanol–water partition coefficient (Wildman–Crippen LogP) is 4.42. The van der Waals surface area contributed by atoms with Crippen molar-refractivity contribution < 1.29 is 13.9 Å². The molecule has 0 fully saturated rings. The molecule has 0 aromatic heterocycles. The quantitative estimate of drug-likeness (QED) is 0.780. The van der Waals surface area contributed by atoms with Crippen molar-refractivity contribution in [3.05, 3.63) is 63.9 Å². The molecule has 20 heavy (non-hydrogen) atoms. The van der Waals surface area contributed by atoms with Crippen LogP contribution in [0.3, 0.4) is 0 Å². The van der Waals surface area contributed by atoms with Crippen molar-refractivity contribution in [2.45, 2.75) is 13.8 Å². The number of ketones is 1. The zero-order valence-corrected chi connectivity index (χ0v) is 12.0. The number of benzene rings is 2. The Balaban J connectivity index is 2.46. The topological polar surface area (TPSA) is 26.3 Å². The van der Waals surface area contributed by atoms with Gasteiger partial charge < -0.3 is 4.74 Å². The van der Waals surface area contributed by atoms with E-state index in [4.69, 9.17) is 16.3 Å². The van der Waals surface area contributed by atoms with Gasteiger partial charge in [-0.1, -0.05) is 23.2 Å². The molecule has 104 valence electrons. The number of ether oxygens (including phenoxy) is 1. The third kappa shape index (κ3) is 2.99. The zero-order chi connectivity index (χ0) is 14.7. The van der Waals surface area contributed by atoms with Crippen LogP contribution in [0, 0.1) is 12.7 Å². The Morgan fingerprint density at radius 3 is 2.65 bits per heavy atom. The molecule has 0 unspecified atom stereocenters. The lowest BCUT2D eigenvalue weighted by Crippen LogP contribution is -2.06. The van der Waals surface area contributed by atoms with Crippen LogP contribution in [0.1, 0.15) is 28.4 Å². The van der Waals surface area contributed by atoms with Gasteiger partial charge in [-0.3, -0.25) is 4.79 Å². The van der Waals surface area contributed by atoms with Gasteiger partial charge in [-0.25, -0.2) is 4.39 Å². The lowest BCUT2D eigenvalue weighted by molar-refractivity contribution is 0.103. The largest absolute Gasteiger partial charge is 0.493 e. The van der Waals surface area contributed by atoms with Gasteiger partial charge in [0, 0.05) is 5.56 Å². The lowest BCUT2D eigenvalue weighted by atomic mass is 10.0. The van der Waals surface area contributed by atoms with Crippen LogP contribution < -0.4 is 4.74 Å². The van der Waals surface area contributed by atoms with Gasteiger partial charge in [-0.05, 0) is 44.2 Å². The molecule has 0 saturated carbocycles. The summed E-state index contributed by atoms with van der Waals surface area (Å²) >= 11 is 5.72. The monoisotopic (exact) mass is 292 g/mol. The molecule has 2 nitrogen and oxygen atoms in total. The molecule has 0 aliphatic heterocycles. The lowest BCUT2D eigenvalue weighted by Gasteiger charge is -2.10. The van der Waals surface area contributed by atoms with Crippen molar-refractivity contribution in [1.29, 1.82) is 0 Å². The first kappa shape index (κ1) is 14.5. The van der Waals surface area contributed by atoms with Gasteiger partial charge in [-0.15, -0.1) is 0 Å². The summed E-state index contributed by atoms with van der Waals surface area (Å²) in [6.45, 7) is 4.21. The Hall–Kier alpha value is -1.87. The SMILES string of the molecule is CCOc1ccc(C)cc1C(=O)c1ccc(F)c(Cl)c1. The van der Waals surface area contributed by atoms with Crippen LogP contribution in [0.2, 0.25) is 5.02 Å². The normalized spacial score (nSPS) is 10.4. The minimum absolute atomic E-state index is 0.0681. The number of hydrogen-bond donors (Lipinski definition) is 0. The van der Waals surface area contributed by atoms with Gasteiger partial charge in [0.1, 0.15) is 11.6 Å². The highest BCUT2D eigenvalue weighted by Gasteiger charge is 2.16.